The maximum absolute atomic E-state index is 11.6. The highest BCUT2D eigenvalue weighted by molar-refractivity contribution is 6.07. The number of ether oxygens (including phenoxy) is 2. The van der Waals surface area contributed by atoms with Crippen molar-refractivity contribution in [3.05, 3.63) is 11.6 Å². The fraction of sp³-hybridized carbons (Fsp3) is 0.333. The van der Waals surface area contributed by atoms with Gasteiger partial charge in [0.2, 0.25) is 5.91 Å². The zero-order chi connectivity index (χ0) is 14.6. The lowest BCUT2D eigenvalue weighted by molar-refractivity contribution is -0.114. The van der Waals surface area contributed by atoms with Gasteiger partial charge in [-0.25, -0.2) is 4.79 Å². The molecule has 1 amide bonds. The van der Waals surface area contributed by atoms with Crippen LogP contribution in [0, 0.1) is 0 Å². The summed E-state index contributed by atoms with van der Waals surface area (Å²) in [5, 5.41) is 2.52. The third kappa shape index (κ3) is 3.06. The lowest BCUT2D eigenvalue weighted by atomic mass is 10.1. The smallest absolute Gasteiger partial charge is 0.342 e. The topological polar surface area (TPSA) is 117 Å². The lowest BCUT2D eigenvalue weighted by Crippen LogP contribution is -2.15. The maximum Gasteiger partial charge on any atom is 0.342 e. The van der Waals surface area contributed by atoms with E-state index in [4.69, 9.17) is 16.2 Å². The van der Waals surface area contributed by atoms with Crippen LogP contribution in [0.2, 0.25) is 0 Å². The molecule has 1 rings (SSSR count). The number of esters is 1. The van der Waals surface area contributed by atoms with Crippen LogP contribution in [0.15, 0.2) is 6.07 Å². The predicted octanol–water partition coefficient (Wildman–Crippen LogP) is 0.995. The normalized spacial score (nSPS) is 9.84. The molecule has 0 atom stereocenters. The molecule has 0 aromatic heterocycles. The van der Waals surface area contributed by atoms with Gasteiger partial charge in [-0.1, -0.05) is 0 Å². The van der Waals surface area contributed by atoms with Crippen LogP contribution >= 0.6 is 0 Å². The molecule has 0 radical (unpaired) electrons. The zero-order valence-corrected chi connectivity index (χ0v) is 11.1. The minimum Gasteiger partial charge on any atom is -0.492 e. The van der Waals surface area contributed by atoms with Crippen molar-refractivity contribution in [3.8, 4) is 5.75 Å². The van der Waals surface area contributed by atoms with Crippen molar-refractivity contribution < 1.29 is 19.1 Å². The molecule has 7 nitrogen and oxygen atoms in total. The van der Waals surface area contributed by atoms with Crippen molar-refractivity contribution in [1.82, 2.24) is 0 Å². The maximum atomic E-state index is 11.6. The molecule has 0 bridgehead atoms. The molecule has 0 unspecified atom stereocenters. The molecular weight excluding hydrogens is 250 g/mol. The highest BCUT2D eigenvalue weighted by Gasteiger charge is 2.22. The quantitative estimate of drug-likeness (QED) is 0.553. The molecule has 1 aromatic rings. The van der Waals surface area contributed by atoms with Gasteiger partial charge in [-0.05, 0) is 6.92 Å². The minimum atomic E-state index is -0.676. The van der Waals surface area contributed by atoms with Gasteiger partial charge in [-0.2, -0.15) is 0 Å². The monoisotopic (exact) mass is 267 g/mol. The summed E-state index contributed by atoms with van der Waals surface area (Å²) in [6.07, 6.45) is 0. The van der Waals surface area contributed by atoms with Gasteiger partial charge < -0.3 is 26.3 Å². The molecule has 0 fully saturated rings. The van der Waals surface area contributed by atoms with Crippen molar-refractivity contribution >= 4 is 28.9 Å². The van der Waals surface area contributed by atoms with Crippen LogP contribution in [-0.2, 0) is 9.53 Å². The number of nitrogen functional groups attached to an aromatic ring is 2. The van der Waals surface area contributed by atoms with Gasteiger partial charge in [0.1, 0.15) is 17.0 Å². The minimum absolute atomic E-state index is 0.00898. The molecule has 0 aliphatic heterocycles. The Bertz CT molecular complexity index is 514. The van der Waals surface area contributed by atoms with Gasteiger partial charge in [0, 0.05) is 13.0 Å². The van der Waals surface area contributed by atoms with Crippen LogP contribution in [-0.4, -0.2) is 25.6 Å². The number of hydrogen-bond donors (Lipinski definition) is 3. The summed E-state index contributed by atoms with van der Waals surface area (Å²) in [5.74, 6) is -0.710. The van der Waals surface area contributed by atoms with E-state index in [9.17, 15) is 9.59 Å². The van der Waals surface area contributed by atoms with Crippen molar-refractivity contribution in [3.63, 3.8) is 0 Å². The van der Waals surface area contributed by atoms with E-state index in [-0.39, 0.29) is 28.5 Å². The Hall–Kier alpha value is -2.44. The SMILES string of the molecule is CCOc1cc(N)c(C(=O)OC)c(N)c1NC(C)=O. The molecule has 1 aromatic carbocycles. The molecule has 104 valence electrons. The average Bonchev–Trinajstić information content (AvgIpc) is 2.33. The first kappa shape index (κ1) is 14.6. The summed E-state index contributed by atoms with van der Waals surface area (Å²) in [5.41, 5.74) is 12.0. The van der Waals surface area contributed by atoms with Gasteiger partial charge in [-0.15, -0.1) is 0 Å². The van der Waals surface area contributed by atoms with Crippen LogP contribution in [0.25, 0.3) is 0 Å². The van der Waals surface area contributed by atoms with Crippen LogP contribution in [0.4, 0.5) is 17.1 Å². The average molecular weight is 267 g/mol. The van der Waals surface area contributed by atoms with Crippen molar-refractivity contribution in [1.29, 1.82) is 0 Å². The first-order valence-corrected chi connectivity index (χ1v) is 5.63. The number of benzene rings is 1. The fourth-order valence-electron chi connectivity index (χ4n) is 1.60. The number of amides is 1. The number of carbonyl (C=O) groups is 2. The summed E-state index contributed by atoms with van der Waals surface area (Å²) in [6, 6.07) is 1.43. The molecule has 0 spiro atoms. The van der Waals surface area contributed by atoms with Crippen LogP contribution < -0.4 is 21.5 Å². The van der Waals surface area contributed by atoms with Crippen molar-refractivity contribution in [2.24, 2.45) is 0 Å². The number of nitrogens with two attached hydrogens (primary N) is 2. The van der Waals surface area contributed by atoms with E-state index in [1.54, 1.807) is 6.92 Å². The number of nitrogens with one attached hydrogen (secondary N) is 1. The lowest BCUT2D eigenvalue weighted by Gasteiger charge is -2.17. The second-order valence-corrected chi connectivity index (χ2v) is 3.73. The third-order valence-corrected chi connectivity index (χ3v) is 2.35. The Labute approximate surface area is 110 Å². The van der Waals surface area contributed by atoms with E-state index in [1.807, 2.05) is 0 Å². The summed E-state index contributed by atoms with van der Waals surface area (Å²) >= 11 is 0. The number of methoxy groups -OCH3 is 1. The van der Waals surface area contributed by atoms with Gasteiger partial charge in [-0.3, -0.25) is 4.79 Å². The number of rotatable bonds is 4. The van der Waals surface area contributed by atoms with Gasteiger partial charge in [0.05, 0.1) is 25.1 Å². The highest BCUT2D eigenvalue weighted by Crippen LogP contribution is 2.38. The molecule has 0 saturated carbocycles. The third-order valence-electron chi connectivity index (χ3n) is 2.35. The van der Waals surface area contributed by atoms with Gasteiger partial charge in [0.25, 0.3) is 0 Å². The number of carbonyl (C=O) groups excluding carboxylic acids is 2. The Morgan fingerprint density at radius 1 is 1.37 bits per heavy atom. The highest BCUT2D eigenvalue weighted by atomic mass is 16.5. The summed E-state index contributed by atoms with van der Waals surface area (Å²) in [4.78, 5) is 22.8. The molecule has 0 heterocycles. The van der Waals surface area contributed by atoms with Crippen LogP contribution in [0.1, 0.15) is 24.2 Å². The fourth-order valence-corrected chi connectivity index (χ4v) is 1.60. The molecular formula is C12H17N3O4. The van der Waals surface area contributed by atoms with E-state index in [0.717, 1.165) is 0 Å². The van der Waals surface area contributed by atoms with E-state index >= 15 is 0 Å². The van der Waals surface area contributed by atoms with E-state index in [2.05, 4.69) is 10.1 Å². The van der Waals surface area contributed by atoms with E-state index in [1.165, 1.54) is 20.1 Å². The largest absolute Gasteiger partial charge is 0.492 e. The predicted molar refractivity (Wildman–Crippen MR) is 72.1 cm³/mol. The molecule has 0 saturated heterocycles. The van der Waals surface area contributed by atoms with Crippen molar-refractivity contribution in [2.45, 2.75) is 13.8 Å². The Balaban J connectivity index is 3.45. The molecule has 0 aliphatic rings. The number of hydrogen-bond acceptors (Lipinski definition) is 6. The van der Waals surface area contributed by atoms with Gasteiger partial charge >= 0.3 is 5.97 Å². The Morgan fingerprint density at radius 2 is 2.00 bits per heavy atom. The zero-order valence-electron chi connectivity index (χ0n) is 11.1. The Kier molecular flexibility index (Phi) is 4.57. The summed E-state index contributed by atoms with van der Waals surface area (Å²) in [7, 11) is 1.22. The molecule has 7 heteroatoms. The van der Waals surface area contributed by atoms with Gasteiger partial charge in [0.15, 0.2) is 0 Å². The first-order valence-electron chi connectivity index (χ1n) is 5.63. The van der Waals surface area contributed by atoms with E-state index in [0.29, 0.717) is 12.4 Å². The second-order valence-electron chi connectivity index (χ2n) is 3.73. The van der Waals surface area contributed by atoms with Crippen LogP contribution in [0.3, 0.4) is 0 Å². The van der Waals surface area contributed by atoms with Crippen LogP contribution in [0.5, 0.6) is 5.75 Å². The van der Waals surface area contributed by atoms with Crippen molar-refractivity contribution in [2.75, 3.05) is 30.5 Å². The summed E-state index contributed by atoms with van der Waals surface area (Å²) < 4.78 is 9.95. The Morgan fingerprint density at radius 3 is 2.47 bits per heavy atom. The number of anilines is 3. The standard InChI is InChI=1S/C12H17N3O4/c1-4-19-8-5-7(13)9(12(17)18-3)10(14)11(8)15-6(2)16/h5H,4,13-14H2,1-3H3,(H,15,16). The molecule has 19 heavy (non-hydrogen) atoms. The summed E-state index contributed by atoms with van der Waals surface area (Å²) in [6.45, 7) is 3.46. The molecule has 0 aliphatic carbocycles. The van der Waals surface area contributed by atoms with E-state index < -0.39 is 5.97 Å². The molecule has 5 N–H and O–H groups in total. The second kappa shape index (κ2) is 5.94. The first-order chi connectivity index (χ1) is 8.92.